The third kappa shape index (κ3) is 3.78. The van der Waals surface area contributed by atoms with Gasteiger partial charge in [0.25, 0.3) is 5.91 Å². The first kappa shape index (κ1) is 24.0. The van der Waals surface area contributed by atoms with E-state index in [1.54, 1.807) is 0 Å². The maximum absolute atomic E-state index is 14.0. The average Bonchev–Trinajstić information content (AvgIpc) is 3.54. The van der Waals surface area contributed by atoms with Crippen molar-refractivity contribution in [3.8, 4) is 5.69 Å². The molecule has 4 atom stereocenters. The summed E-state index contributed by atoms with van der Waals surface area (Å²) < 4.78 is 2.14. The standard InChI is InChI=1S/C32H43N3O/c1-5-21-14-16-24(17-15-21)35-28-25(22-10-7-6-8-11-22)12-9-13-26(28)27(34-35)29(36)33-30-31(2,3)23-18-19-32(30,4)20-23/h5,14-17,22-23,25,30H,1,6-13,18-20H2,2-4H3,(H,33,36)/t23?,25?,30?,32-/m0/s1. The Morgan fingerprint density at radius 3 is 2.47 bits per heavy atom. The van der Waals surface area contributed by atoms with Gasteiger partial charge in [-0.05, 0) is 91.7 Å². The molecule has 6 rings (SSSR count). The van der Waals surface area contributed by atoms with Crippen molar-refractivity contribution >= 4 is 12.0 Å². The monoisotopic (exact) mass is 485 g/mol. The number of aromatic nitrogens is 2. The number of carbonyl (C=O) groups excluding carboxylic acids is 1. The summed E-state index contributed by atoms with van der Waals surface area (Å²) in [5.74, 6) is 1.96. The number of benzene rings is 1. The van der Waals surface area contributed by atoms with E-state index < -0.39 is 0 Å². The molecule has 4 heteroatoms. The molecule has 2 aromatic rings. The van der Waals surface area contributed by atoms with Crippen LogP contribution in [0.5, 0.6) is 0 Å². The molecule has 0 spiro atoms. The summed E-state index contributed by atoms with van der Waals surface area (Å²) in [4.78, 5) is 14.0. The molecule has 0 aliphatic heterocycles. The van der Waals surface area contributed by atoms with Gasteiger partial charge in [-0.25, -0.2) is 4.68 Å². The molecule has 192 valence electrons. The van der Waals surface area contributed by atoms with E-state index in [0.717, 1.165) is 24.1 Å². The average molecular weight is 486 g/mol. The number of nitrogens with zero attached hydrogens (tertiary/aromatic N) is 2. The molecule has 4 nitrogen and oxygen atoms in total. The highest BCUT2D eigenvalue weighted by Gasteiger charge is 2.60. The number of carbonyl (C=O) groups is 1. The van der Waals surface area contributed by atoms with Gasteiger partial charge in [0.05, 0.1) is 11.4 Å². The van der Waals surface area contributed by atoms with Crippen molar-refractivity contribution in [1.29, 1.82) is 0 Å². The van der Waals surface area contributed by atoms with Crippen molar-refractivity contribution in [1.82, 2.24) is 15.1 Å². The van der Waals surface area contributed by atoms with E-state index in [1.165, 1.54) is 69.0 Å². The summed E-state index contributed by atoms with van der Waals surface area (Å²) in [7, 11) is 0. The van der Waals surface area contributed by atoms with Crippen LogP contribution in [0.15, 0.2) is 30.8 Å². The minimum absolute atomic E-state index is 0.0452. The lowest BCUT2D eigenvalue weighted by molar-refractivity contribution is 0.0732. The van der Waals surface area contributed by atoms with Crippen LogP contribution in [-0.4, -0.2) is 21.7 Å². The predicted octanol–water partition coefficient (Wildman–Crippen LogP) is 7.46. The first-order valence-electron chi connectivity index (χ1n) is 14.5. The van der Waals surface area contributed by atoms with E-state index in [1.807, 2.05) is 6.08 Å². The molecule has 0 saturated heterocycles. The number of hydrogen-bond donors (Lipinski definition) is 1. The minimum Gasteiger partial charge on any atom is -0.347 e. The number of rotatable bonds is 5. The molecule has 1 amide bonds. The van der Waals surface area contributed by atoms with Gasteiger partial charge in [-0.3, -0.25) is 4.79 Å². The zero-order chi connectivity index (χ0) is 25.1. The van der Waals surface area contributed by atoms with E-state index in [-0.39, 0.29) is 22.8 Å². The van der Waals surface area contributed by atoms with E-state index >= 15 is 0 Å². The van der Waals surface area contributed by atoms with Crippen molar-refractivity contribution in [3.05, 3.63) is 53.4 Å². The van der Waals surface area contributed by atoms with Crippen LogP contribution in [0.1, 0.15) is 118 Å². The van der Waals surface area contributed by atoms with Crippen molar-refractivity contribution in [2.24, 2.45) is 22.7 Å². The van der Waals surface area contributed by atoms with Crippen LogP contribution >= 0.6 is 0 Å². The number of amides is 1. The van der Waals surface area contributed by atoms with Gasteiger partial charge in [-0.2, -0.15) is 5.10 Å². The highest BCUT2D eigenvalue weighted by Crippen LogP contribution is 2.62. The summed E-state index contributed by atoms with van der Waals surface area (Å²) in [5.41, 5.74) is 5.73. The van der Waals surface area contributed by atoms with Gasteiger partial charge in [-0.1, -0.05) is 64.8 Å². The van der Waals surface area contributed by atoms with Crippen molar-refractivity contribution in [3.63, 3.8) is 0 Å². The fourth-order valence-corrected chi connectivity index (χ4v) is 8.71. The molecule has 0 radical (unpaired) electrons. The SMILES string of the molecule is C=Cc1ccc(-n2nc(C(=O)NC3C(C)(C)C4CC[C@@]3(C)C4)c3c2C(C2CCCCC2)CCC3)cc1. The number of nitrogens with one attached hydrogen (secondary N) is 1. The Morgan fingerprint density at radius 2 is 1.81 bits per heavy atom. The third-order valence-corrected chi connectivity index (χ3v) is 10.7. The van der Waals surface area contributed by atoms with Crippen LogP contribution in [-0.2, 0) is 6.42 Å². The zero-order valence-corrected chi connectivity index (χ0v) is 22.5. The van der Waals surface area contributed by atoms with Gasteiger partial charge < -0.3 is 5.32 Å². The minimum atomic E-state index is 0.0452. The second kappa shape index (κ2) is 8.89. The maximum Gasteiger partial charge on any atom is 0.272 e. The number of hydrogen-bond acceptors (Lipinski definition) is 2. The maximum atomic E-state index is 14.0. The van der Waals surface area contributed by atoms with Crippen LogP contribution in [0.2, 0.25) is 0 Å². The van der Waals surface area contributed by atoms with Crippen LogP contribution in [0.3, 0.4) is 0 Å². The fraction of sp³-hybridized carbons (Fsp3) is 0.625. The Kier molecular flexibility index (Phi) is 5.92. The van der Waals surface area contributed by atoms with Gasteiger partial charge in [0, 0.05) is 17.5 Å². The lowest BCUT2D eigenvalue weighted by atomic mass is 9.68. The second-order valence-corrected chi connectivity index (χ2v) is 13.1. The Labute approximate surface area is 216 Å². The van der Waals surface area contributed by atoms with Gasteiger partial charge in [0.2, 0.25) is 0 Å². The topological polar surface area (TPSA) is 46.9 Å². The largest absolute Gasteiger partial charge is 0.347 e. The highest BCUT2D eigenvalue weighted by molar-refractivity contribution is 5.94. The predicted molar refractivity (Wildman–Crippen MR) is 146 cm³/mol. The molecular weight excluding hydrogens is 442 g/mol. The van der Waals surface area contributed by atoms with Crippen molar-refractivity contribution in [2.45, 2.75) is 103 Å². The molecule has 4 aliphatic rings. The highest BCUT2D eigenvalue weighted by atomic mass is 16.2. The molecule has 4 aliphatic carbocycles. The Balaban J connectivity index is 1.40. The molecule has 1 aromatic carbocycles. The summed E-state index contributed by atoms with van der Waals surface area (Å²) in [6, 6.07) is 8.69. The number of fused-ring (bicyclic) bond motifs is 3. The molecule has 2 bridgehead atoms. The fourth-order valence-electron chi connectivity index (χ4n) is 8.71. The molecule has 3 saturated carbocycles. The van der Waals surface area contributed by atoms with Crippen LogP contribution < -0.4 is 5.32 Å². The van der Waals surface area contributed by atoms with E-state index in [4.69, 9.17) is 5.10 Å². The lowest BCUT2D eigenvalue weighted by Gasteiger charge is -2.43. The quantitative estimate of drug-likeness (QED) is 0.478. The molecule has 1 heterocycles. The van der Waals surface area contributed by atoms with Crippen molar-refractivity contribution < 1.29 is 4.79 Å². The van der Waals surface area contributed by atoms with E-state index in [9.17, 15) is 4.79 Å². The first-order valence-corrected chi connectivity index (χ1v) is 14.5. The first-order chi connectivity index (χ1) is 17.3. The van der Waals surface area contributed by atoms with Gasteiger partial charge >= 0.3 is 0 Å². The lowest BCUT2D eigenvalue weighted by Crippen LogP contribution is -2.52. The second-order valence-electron chi connectivity index (χ2n) is 13.1. The van der Waals surface area contributed by atoms with Crippen LogP contribution in [0, 0.1) is 22.7 Å². The van der Waals surface area contributed by atoms with Gasteiger partial charge in [-0.15, -0.1) is 0 Å². The van der Waals surface area contributed by atoms with Gasteiger partial charge in [0.1, 0.15) is 0 Å². The normalized spacial score (nSPS) is 31.2. The Hall–Kier alpha value is -2.36. The molecule has 1 aromatic heterocycles. The molecule has 3 fully saturated rings. The van der Waals surface area contributed by atoms with Crippen LogP contribution in [0.25, 0.3) is 11.8 Å². The third-order valence-electron chi connectivity index (χ3n) is 10.7. The molecule has 3 unspecified atom stereocenters. The molecule has 36 heavy (non-hydrogen) atoms. The molecule has 1 N–H and O–H groups in total. The Morgan fingerprint density at radius 1 is 1.06 bits per heavy atom. The van der Waals surface area contributed by atoms with E-state index in [0.29, 0.717) is 23.4 Å². The summed E-state index contributed by atoms with van der Waals surface area (Å²) >= 11 is 0. The smallest absolute Gasteiger partial charge is 0.272 e. The Bertz CT molecular complexity index is 1150. The molecular formula is C32H43N3O. The van der Waals surface area contributed by atoms with Crippen LogP contribution in [0.4, 0.5) is 0 Å². The summed E-state index contributed by atoms with van der Waals surface area (Å²) in [6.07, 6.45) is 15.6. The summed E-state index contributed by atoms with van der Waals surface area (Å²) in [6.45, 7) is 11.0. The van der Waals surface area contributed by atoms with Crippen molar-refractivity contribution in [2.75, 3.05) is 0 Å². The van der Waals surface area contributed by atoms with Gasteiger partial charge in [0.15, 0.2) is 5.69 Å². The zero-order valence-electron chi connectivity index (χ0n) is 22.5. The summed E-state index contributed by atoms with van der Waals surface area (Å²) in [5, 5.41) is 8.67. The van der Waals surface area contributed by atoms with E-state index in [2.05, 4.69) is 61.6 Å².